The van der Waals surface area contributed by atoms with Gasteiger partial charge in [-0.05, 0) is 6.07 Å². The van der Waals surface area contributed by atoms with Crippen molar-refractivity contribution in [1.29, 1.82) is 0 Å². The summed E-state index contributed by atoms with van der Waals surface area (Å²) in [7, 11) is 0. The summed E-state index contributed by atoms with van der Waals surface area (Å²) in [5.74, 6) is -3.16. The molecule has 0 fully saturated rings. The van der Waals surface area contributed by atoms with Gasteiger partial charge in [0.1, 0.15) is 5.69 Å². The van der Waals surface area contributed by atoms with Gasteiger partial charge in [0.25, 0.3) is 0 Å². The van der Waals surface area contributed by atoms with Crippen molar-refractivity contribution in [1.82, 2.24) is 9.78 Å². The third-order valence-corrected chi connectivity index (χ3v) is 1.74. The van der Waals surface area contributed by atoms with Crippen LogP contribution in [0.25, 0.3) is 5.69 Å². The summed E-state index contributed by atoms with van der Waals surface area (Å²) in [5.41, 5.74) is -0.117. The second kappa shape index (κ2) is 3.17. The van der Waals surface area contributed by atoms with Crippen molar-refractivity contribution in [2.24, 2.45) is 0 Å². The van der Waals surface area contributed by atoms with Crippen molar-refractivity contribution in [3.05, 3.63) is 48.0 Å². The smallest absolute Gasteiger partial charge is 0.161 e. The van der Waals surface area contributed by atoms with Gasteiger partial charge in [-0.1, -0.05) is 0 Å². The Balaban J connectivity index is 2.60. The summed E-state index contributed by atoms with van der Waals surface area (Å²) in [6.07, 6.45) is 2.86. The number of hydrogen-bond donors (Lipinski definition) is 0. The summed E-state index contributed by atoms with van der Waals surface area (Å²) < 4.78 is 39.6. The molecule has 5 heteroatoms. The van der Waals surface area contributed by atoms with Crippen LogP contribution in [-0.4, -0.2) is 9.78 Å². The third-order valence-electron chi connectivity index (χ3n) is 1.74. The molecule has 0 spiro atoms. The molecule has 0 saturated heterocycles. The van der Waals surface area contributed by atoms with E-state index in [-0.39, 0.29) is 5.69 Å². The highest BCUT2D eigenvalue weighted by molar-refractivity contribution is 5.33. The first-order chi connectivity index (χ1) is 6.68. The highest BCUT2D eigenvalue weighted by Gasteiger charge is 2.10. The van der Waals surface area contributed by atoms with Gasteiger partial charge in [-0.3, -0.25) is 0 Å². The van der Waals surface area contributed by atoms with Crippen molar-refractivity contribution in [3.63, 3.8) is 0 Å². The van der Waals surface area contributed by atoms with Crippen molar-refractivity contribution >= 4 is 0 Å². The molecule has 0 aliphatic heterocycles. The highest BCUT2D eigenvalue weighted by atomic mass is 19.2. The van der Waals surface area contributed by atoms with E-state index >= 15 is 0 Å². The molecule has 72 valence electrons. The molecule has 0 atom stereocenters. The van der Waals surface area contributed by atoms with Gasteiger partial charge in [-0.15, -0.1) is 0 Å². The number of hydrogen-bond acceptors (Lipinski definition) is 1. The van der Waals surface area contributed by atoms with Gasteiger partial charge < -0.3 is 0 Å². The molecular weight excluding hydrogens is 193 g/mol. The van der Waals surface area contributed by atoms with Crippen LogP contribution in [0.5, 0.6) is 0 Å². The first kappa shape index (κ1) is 8.80. The Kier molecular flexibility index (Phi) is 1.99. The minimum Gasteiger partial charge on any atom is -0.238 e. The Bertz CT molecular complexity index is 451. The van der Waals surface area contributed by atoms with E-state index in [2.05, 4.69) is 5.10 Å². The van der Waals surface area contributed by atoms with Crippen molar-refractivity contribution in [2.45, 2.75) is 0 Å². The molecule has 0 bridgehead atoms. The monoisotopic (exact) mass is 198 g/mol. The van der Waals surface area contributed by atoms with Gasteiger partial charge in [-0.2, -0.15) is 5.10 Å². The summed E-state index contributed by atoms with van der Waals surface area (Å²) in [4.78, 5) is 0. The van der Waals surface area contributed by atoms with Crippen LogP contribution < -0.4 is 0 Å². The molecule has 2 aromatic rings. The highest BCUT2D eigenvalue weighted by Crippen LogP contribution is 2.16. The molecule has 0 aliphatic carbocycles. The molecular formula is C9H5F3N2. The minimum absolute atomic E-state index is 0.117. The van der Waals surface area contributed by atoms with Crippen LogP contribution in [-0.2, 0) is 0 Å². The zero-order valence-corrected chi connectivity index (χ0v) is 6.92. The molecule has 14 heavy (non-hydrogen) atoms. The fraction of sp³-hybridized carbons (Fsp3) is 0. The Morgan fingerprint density at radius 1 is 1.00 bits per heavy atom. The average Bonchev–Trinajstić information content (AvgIpc) is 2.64. The molecule has 0 aliphatic rings. The Labute approximate surface area is 77.6 Å². The average molecular weight is 198 g/mol. The molecule has 1 heterocycles. The Hall–Kier alpha value is -1.78. The number of halogens is 3. The first-order valence-corrected chi connectivity index (χ1v) is 3.83. The van der Waals surface area contributed by atoms with Crippen LogP contribution in [0.15, 0.2) is 30.6 Å². The zero-order chi connectivity index (χ0) is 10.1. The van der Waals surface area contributed by atoms with E-state index in [0.29, 0.717) is 6.07 Å². The van der Waals surface area contributed by atoms with E-state index in [4.69, 9.17) is 0 Å². The predicted molar refractivity (Wildman–Crippen MR) is 43.4 cm³/mol. The third kappa shape index (κ3) is 1.37. The van der Waals surface area contributed by atoms with Gasteiger partial charge in [0.2, 0.25) is 0 Å². The lowest BCUT2D eigenvalue weighted by Gasteiger charge is -2.03. The van der Waals surface area contributed by atoms with Crippen molar-refractivity contribution in [3.8, 4) is 5.69 Å². The van der Waals surface area contributed by atoms with Gasteiger partial charge in [-0.25, -0.2) is 17.9 Å². The maximum Gasteiger partial charge on any atom is 0.161 e. The maximum absolute atomic E-state index is 13.1. The van der Waals surface area contributed by atoms with Gasteiger partial charge >= 0.3 is 0 Å². The number of rotatable bonds is 1. The predicted octanol–water partition coefficient (Wildman–Crippen LogP) is 2.29. The molecule has 0 unspecified atom stereocenters. The topological polar surface area (TPSA) is 17.8 Å². The van der Waals surface area contributed by atoms with Crippen LogP contribution >= 0.6 is 0 Å². The first-order valence-electron chi connectivity index (χ1n) is 3.83. The lowest BCUT2D eigenvalue weighted by Crippen LogP contribution is -2.00. The van der Waals surface area contributed by atoms with E-state index in [1.807, 2.05) is 0 Å². The zero-order valence-electron chi connectivity index (χ0n) is 6.92. The van der Waals surface area contributed by atoms with Crippen molar-refractivity contribution < 1.29 is 13.2 Å². The maximum atomic E-state index is 13.1. The molecule has 0 saturated carbocycles. The van der Waals surface area contributed by atoms with Gasteiger partial charge in [0.05, 0.1) is 0 Å². The molecule has 1 aromatic carbocycles. The standard InChI is InChI=1S/C9H5F3N2/c10-6-4-8(12)9(5-7(6)11)14-3-1-2-13-14/h1-5H. The molecule has 2 rings (SSSR count). The fourth-order valence-corrected chi connectivity index (χ4v) is 1.10. The summed E-state index contributed by atoms with van der Waals surface area (Å²) in [6, 6.07) is 2.81. The van der Waals surface area contributed by atoms with Crippen LogP contribution in [0.1, 0.15) is 0 Å². The molecule has 1 aromatic heterocycles. The molecule has 2 nitrogen and oxygen atoms in total. The lowest BCUT2D eigenvalue weighted by molar-refractivity contribution is 0.491. The lowest BCUT2D eigenvalue weighted by atomic mass is 10.3. The van der Waals surface area contributed by atoms with Crippen molar-refractivity contribution in [2.75, 3.05) is 0 Å². The van der Waals surface area contributed by atoms with Gasteiger partial charge in [0.15, 0.2) is 17.5 Å². The minimum atomic E-state index is -1.21. The van der Waals surface area contributed by atoms with E-state index in [0.717, 1.165) is 10.7 Å². The number of benzene rings is 1. The quantitative estimate of drug-likeness (QED) is 0.643. The second-order valence-electron chi connectivity index (χ2n) is 2.67. The fourth-order valence-electron chi connectivity index (χ4n) is 1.10. The Morgan fingerprint density at radius 3 is 2.36 bits per heavy atom. The van der Waals surface area contributed by atoms with E-state index in [1.165, 1.54) is 12.4 Å². The number of nitrogens with zero attached hydrogens (tertiary/aromatic N) is 2. The molecule has 0 N–H and O–H groups in total. The van der Waals surface area contributed by atoms with Crippen LogP contribution in [0, 0.1) is 17.5 Å². The normalized spacial score (nSPS) is 10.5. The SMILES string of the molecule is Fc1cc(F)c(-n2cccn2)cc1F. The summed E-state index contributed by atoms with van der Waals surface area (Å²) in [5, 5.41) is 3.71. The van der Waals surface area contributed by atoms with Crippen LogP contribution in [0.3, 0.4) is 0 Å². The van der Waals surface area contributed by atoms with Gasteiger partial charge in [0, 0.05) is 24.5 Å². The summed E-state index contributed by atoms with van der Waals surface area (Å²) >= 11 is 0. The Morgan fingerprint density at radius 2 is 1.71 bits per heavy atom. The largest absolute Gasteiger partial charge is 0.238 e. The van der Waals surface area contributed by atoms with E-state index in [9.17, 15) is 13.2 Å². The molecule has 0 amide bonds. The van der Waals surface area contributed by atoms with Crippen LogP contribution in [0.2, 0.25) is 0 Å². The summed E-state index contributed by atoms with van der Waals surface area (Å²) in [6.45, 7) is 0. The second-order valence-corrected chi connectivity index (χ2v) is 2.67. The number of aromatic nitrogens is 2. The van der Waals surface area contributed by atoms with E-state index < -0.39 is 17.5 Å². The molecule has 0 radical (unpaired) electrons. The van der Waals surface area contributed by atoms with E-state index in [1.54, 1.807) is 6.07 Å². The van der Waals surface area contributed by atoms with Crippen LogP contribution in [0.4, 0.5) is 13.2 Å².